The van der Waals surface area contributed by atoms with Gasteiger partial charge in [-0.1, -0.05) is 6.07 Å². The number of benzene rings is 1. The molecular weight excluding hydrogens is 255 g/mol. The van der Waals surface area contributed by atoms with Crippen molar-refractivity contribution in [3.8, 4) is 6.07 Å². The minimum absolute atomic E-state index is 0.106. The van der Waals surface area contributed by atoms with Gasteiger partial charge in [-0.05, 0) is 18.6 Å². The lowest BCUT2D eigenvalue weighted by Gasteiger charge is -2.11. The first-order valence-corrected chi connectivity index (χ1v) is 7.44. The molecule has 96 valence electrons. The van der Waals surface area contributed by atoms with Crippen LogP contribution >= 0.6 is 0 Å². The molecule has 0 radical (unpaired) electrons. The lowest BCUT2D eigenvalue weighted by atomic mass is 10.1. The molecule has 0 aliphatic carbocycles. The standard InChI is InChI=1S/C12H13FN2O2S/c13-12-5-9(6-14)1-2-10(12)7-15-11-3-4-18(16,17)8-11/h1-2,5,11,15H,3-4,7-8H2. The van der Waals surface area contributed by atoms with Crippen LogP contribution in [0.3, 0.4) is 0 Å². The molecule has 18 heavy (non-hydrogen) atoms. The van der Waals surface area contributed by atoms with Crippen LogP contribution in [-0.2, 0) is 16.4 Å². The molecule has 6 heteroatoms. The highest BCUT2D eigenvalue weighted by atomic mass is 32.2. The minimum Gasteiger partial charge on any atom is -0.309 e. The Kier molecular flexibility index (Phi) is 3.64. The zero-order chi connectivity index (χ0) is 13.2. The molecule has 4 nitrogen and oxygen atoms in total. The number of sulfone groups is 1. The SMILES string of the molecule is N#Cc1ccc(CNC2CCS(=O)(=O)C2)c(F)c1. The average Bonchev–Trinajstić information content (AvgIpc) is 2.67. The van der Waals surface area contributed by atoms with E-state index in [1.54, 1.807) is 12.1 Å². The molecular formula is C12H13FN2O2S. The molecule has 0 amide bonds. The second-order valence-electron chi connectivity index (χ2n) is 4.40. The fourth-order valence-electron chi connectivity index (χ4n) is 1.97. The lowest BCUT2D eigenvalue weighted by molar-refractivity contribution is 0.532. The third kappa shape index (κ3) is 3.06. The topological polar surface area (TPSA) is 70.0 Å². The van der Waals surface area contributed by atoms with Crippen molar-refractivity contribution in [1.82, 2.24) is 5.32 Å². The molecule has 1 heterocycles. The first kappa shape index (κ1) is 13.0. The van der Waals surface area contributed by atoms with Crippen LogP contribution in [-0.4, -0.2) is 26.0 Å². The summed E-state index contributed by atoms with van der Waals surface area (Å²) >= 11 is 0. The van der Waals surface area contributed by atoms with Gasteiger partial charge in [-0.3, -0.25) is 0 Å². The van der Waals surface area contributed by atoms with Crippen molar-refractivity contribution in [1.29, 1.82) is 5.26 Å². The Labute approximate surface area is 105 Å². The molecule has 1 aliphatic heterocycles. The van der Waals surface area contributed by atoms with Crippen LogP contribution in [0.1, 0.15) is 17.5 Å². The Bertz CT molecular complexity index is 593. The molecule has 1 saturated heterocycles. The monoisotopic (exact) mass is 268 g/mol. The third-order valence-electron chi connectivity index (χ3n) is 3.00. The molecule has 0 spiro atoms. The van der Waals surface area contributed by atoms with E-state index in [1.165, 1.54) is 6.07 Å². The largest absolute Gasteiger partial charge is 0.309 e. The summed E-state index contributed by atoms with van der Waals surface area (Å²) in [5.41, 5.74) is 0.720. The van der Waals surface area contributed by atoms with Crippen molar-refractivity contribution < 1.29 is 12.8 Å². The number of hydrogen-bond acceptors (Lipinski definition) is 4. The Balaban J connectivity index is 1.97. The van der Waals surface area contributed by atoms with Gasteiger partial charge in [0.2, 0.25) is 0 Å². The Morgan fingerprint density at radius 3 is 2.83 bits per heavy atom. The van der Waals surface area contributed by atoms with Crippen LogP contribution in [0, 0.1) is 17.1 Å². The summed E-state index contributed by atoms with van der Waals surface area (Å²) in [6.07, 6.45) is 0.570. The van der Waals surface area contributed by atoms with Crippen LogP contribution in [0.15, 0.2) is 18.2 Å². The number of nitrogens with zero attached hydrogens (tertiary/aromatic N) is 1. The molecule has 1 aromatic carbocycles. The summed E-state index contributed by atoms with van der Waals surface area (Å²) in [4.78, 5) is 0. The van der Waals surface area contributed by atoms with E-state index in [0.717, 1.165) is 0 Å². The quantitative estimate of drug-likeness (QED) is 0.887. The normalized spacial score (nSPS) is 21.7. The van der Waals surface area contributed by atoms with Gasteiger partial charge in [0.25, 0.3) is 0 Å². The van der Waals surface area contributed by atoms with Gasteiger partial charge in [0.05, 0.1) is 23.1 Å². The van der Waals surface area contributed by atoms with Crippen molar-refractivity contribution in [3.63, 3.8) is 0 Å². The highest BCUT2D eigenvalue weighted by Gasteiger charge is 2.27. The first-order chi connectivity index (χ1) is 8.50. The van der Waals surface area contributed by atoms with Gasteiger partial charge in [0, 0.05) is 18.2 Å². The number of hydrogen-bond donors (Lipinski definition) is 1. The second-order valence-corrected chi connectivity index (χ2v) is 6.63. The highest BCUT2D eigenvalue weighted by molar-refractivity contribution is 7.91. The van der Waals surface area contributed by atoms with Crippen LogP contribution in [0.2, 0.25) is 0 Å². The van der Waals surface area contributed by atoms with E-state index in [9.17, 15) is 12.8 Å². The summed E-state index contributed by atoms with van der Waals surface area (Å²) < 4.78 is 36.1. The Hall–Kier alpha value is -1.45. The number of halogens is 1. The van der Waals surface area contributed by atoms with Gasteiger partial charge >= 0.3 is 0 Å². The van der Waals surface area contributed by atoms with Crippen LogP contribution in [0.4, 0.5) is 4.39 Å². The van der Waals surface area contributed by atoms with Crippen molar-refractivity contribution in [3.05, 3.63) is 35.1 Å². The van der Waals surface area contributed by atoms with Crippen LogP contribution in [0.5, 0.6) is 0 Å². The Morgan fingerprint density at radius 1 is 1.50 bits per heavy atom. The third-order valence-corrected chi connectivity index (χ3v) is 4.76. The van der Waals surface area contributed by atoms with Gasteiger partial charge in [-0.15, -0.1) is 0 Å². The number of nitrogens with one attached hydrogen (secondary N) is 1. The molecule has 0 saturated carbocycles. The van der Waals surface area contributed by atoms with E-state index < -0.39 is 15.7 Å². The Morgan fingerprint density at radius 2 is 2.28 bits per heavy atom. The predicted octanol–water partition coefficient (Wildman–Crippen LogP) is 0.974. The maximum Gasteiger partial charge on any atom is 0.151 e. The van der Waals surface area contributed by atoms with E-state index in [-0.39, 0.29) is 29.7 Å². The molecule has 1 N–H and O–H groups in total. The van der Waals surface area contributed by atoms with E-state index in [2.05, 4.69) is 5.32 Å². The number of nitriles is 1. The van der Waals surface area contributed by atoms with Crippen LogP contribution < -0.4 is 5.32 Å². The molecule has 1 fully saturated rings. The van der Waals surface area contributed by atoms with Gasteiger partial charge < -0.3 is 5.32 Å². The summed E-state index contributed by atoms with van der Waals surface area (Å²) in [5, 5.41) is 11.6. The maximum atomic E-state index is 13.6. The molecule has 1 atom stereocenters. The summed E-state index contributed by atoms with van der Waals surface area (Å²) in [6.45, 7) is 0.276. The van der Waals surface area contributed by atoms with Gasteiger partial charge in [0.15, 0.2) is 9.84 Å². The van der Waals surface area contributed by atoms with E-state index >= 15 is 0 Å². The van der Waals surface area contributed by atoms with E-state index in [0.29, 0.717) is 12.0 Å². The smallest absolute Gasteiger partial charge is 0.151 e. The second kappa shape index (κ2) is 5.04. The lowest BCUT2D eigenvalue weighted by Crippen LogP contribution is -2.29. The first-order valence-electron chi connectivity index (χ1n) is 5.62. The maximum absolute atomic E-state index is 13.6. The van der Waals surface area contributed by atoms with E-state index in [1.807, 2.05) is 6.07 Å². The van der Waals surface area contributed by atoms with Gasteiger partial charge in [-0.25, -0.2) is 12.8 Å². The molecule has 1 unspecified atom stereocenters. The van der Waals surface area contributed by atoms with Gasteiger partial charge in [-0.2, -0.15) is 5.26 Å². The zero-order valence-electron chi connectivity index (χ0n) is 9.69. The molecule has 2 rings (SSSR count). The van der Waals surface area contributed by atoms with Crippen LogP contribution in [0.25, 0.3) is 0 Å². The predicted molar refractivity (Wildman–Crippen MR) is 65.0 cm³/mol. The average molecular weight is 268 g/mol. The zero-order valence-corrected chi connectivity index (χ0v) is 10.5. The van der Waals surface area contributed by atoms with Crippen molar-refractivity contribution >= 4 is 9.84 Å². The fraction of sp³-hybridized carbons (Fsp3) is 0.417. The summed E-state index contributed by atoms with van der Waals surface area (Å²) in [6, 6.07) is 6.03. The molecule has 0 bridgehead atoms. The molecule has 1 aromatic rings. The van der Waals surface area contributed by atoms with E-state index in [4.69, 9.17) is 5.26 Å². The summed E-state index contributed by atoms with van der Waals surface area (Å²) in [7, 11) is -2.92. The van der Waals surface area contributed by atoms with Crippen molar-refractivity contribution in [2.45, 2.75) is 19.0 Å². The summed E-state index contributed by atoms with van der Waals surface area (Å²) in [5.74, 6) is -0.131. The molecule has 0 aromatic heterocycles. The number of rotatable bonds is 3. The minimum atomic E-state index is -2.92. The van der Waals surface area contributed by atoms with Crippen molar-refractivity contribution in [2.24, 2.45) is 0 Å². The molecule has 1 aliphatic rings. The van der Waals surface area contributed by atoms with Crippen molar-refractivity contribution in [2.75, 3.05) is 11.5 Å². The fourth-order valence-corrected chi connectivity index (χ4v) is 3.68. The highest BCUT2D eigenvalue weighted by Crippen LogP contribution is 2.14. The van der Waals surface area contributed by atoms with Gasteiger partial charge in [0.1, 0.15) is 5.82 Å².